The van der Waals surface area contributed by atoms with Gasteiger partial charge in [0.2, 0.25) is 11.1 Å². The monoisotopic (exact) mass is 411 g/mol. The third-order valence-electron chi connectivity index (χ3n) is 4.43. The summed E-state index contributed by atoms with van der Waals surface area (Å²) in [6.07, 6.45) is 0. The van der Waals surface area contributed by atoms with E-state index in [2.05, 4.69) is 20.6 Å². The summed E-state index contributed by atoms with van der Waals surface area (Å²) < 4.78 is 8.75. The van der Waals surface area contributed by atoms with Crippen LogP contribution < -0.4 is 11.2 Å². The van der Waals surface area contributed by atoms with Crippen LogP contribution in [0.25, 0.3) is 16.9 Å². The van der Waals surface area contributed by atoms with Gasteiger partial charge in [-0.25, -0.2) is 9.36 Å². The van der Waals surface area contributed by atoms with Crippen LogP contribution in [0.2, 0.25) is 0 Å². The number of nitrogens with zero attached hydrogens (tertiary/aromatic N) is 5. The third-order valence-corrected chi connectivity index (χ3v) is 5.37. The van der Waals surface area contributed by atoms with Crippen molar-refractivity contribution in [3.8, 4) is 5.95 Å². The summed E-state index contributed by atoms with van der Waals surface area (Å²) in [6, 6.07) is 11.3. The van der Waals surface area contributed by atoms with Gasteiger partial charge in [0.15, 0.2) is 0 Å². The first-order chi connectivity index (χ1) is 13.9. The van der Waals surface area contributed by atoms with Crippen LogP contribution in [0, 0.1) is 13.8 Å². The van der Waals surface area contributed by atoms with Gasteiger partial charge >= 0.3 is 0 Å². The van der Waals surface area contributed by atoms with Crippen LogP contribution in [0.3, 0.4) is 0 Å². The predicted octanol–water partition coefficient (Wildman–Crippen LogP) is 2.51. The van der Waals surface area contributed by atoms with Crippen molar-refractivity contribution in [1.82, 2.24) is 30.0 Å². The summed E-state index contributed by atoms with van der Waals surface area (Å²) in [4.78, 5) is 12.4. The quantitative estimate of drug-likeness (QED) is 0.370. The molecule has 1 atom stereocenters. The second-order valence-electron chi connectivity index (χ2n) is 6.76. The highest BCUT2D eigenvalue weighted by Crippen LogP contribution is 2.24. The lowest BCUT2D eigenvalue weighted by molar-refractivity contribution is -0.119. The number of amides is 1. The highest BCUT2D eigenvalue weighted by Gasteiger charge is 2.18. The molecule has 0 saturated heterocycles. The Bertz CT molecular complexity index is 1140. The number of carbonyl (C=O) groups excluding carboxylic acids is 1. The van der Waals surface area contributed by atoms with Crippen molar-refractivity contribution in [1.29, 1.82) is 0 Å². The SMILES string of the molecule is Cc1cc(C)n(-c2nnc(SCC(=O)N[C@@H](C)c3cc4ccccc4o3)n2N)n1. The van der Waals surface area contributed by atoms with Gasteiger partial charge in [0.25, 0.3) is 5.95 Å². The number of para-hydroxylation sites is 1. The molecule has 0 saturated carbocycles. The number of hydrogen-bond donors (Lipinski definition) is 2. The number of benzene rings is 1. The van der Waals surface area contributed by atoms with Gasteiger partial charge in [0.05, 0.1) is 17.5 Å². The van der Waals surface area contributed by atoms with Gasteiger partial charge in [-0.2, -0.15) is 5.10 Å². The molecule has 1 aromatic carbocycles. The number of nitrogens with one attached hydrogen (secondary N) is 1. The van der Waals surface area contributed by atoms with E-state index < -0.39 is 0 Å². The molecule has 4 rings (SSSR count). The maximum atomic E-state index is 12.4. The molecule has 150 valence electrons. The number of furan rings is 1. The number of fused-ring (bicyclic) bond motifs is 1. The van der Waals surface area contributed by atoms with Crippen molar-refractivity contribution in [2.75, 3.05) is 11.6 Å². The van der Waals surface area contributed by atoms with Crippen LogP contribution in [-0.4, -0.2) is 36.3 Å². The molecule has 10 heteroatoms. The Morgan fingerprint density at radius 1 is 1.28 bits per heavy atom. The Labute approximate surface area is 171 Å². The summed E-state index contributed by atoms with van der Waals surface area (Å²) in [5.74, 6) is 7.20. The standard InChI is InChI=1S/C19H21N7O2S/c1-11-8-12(2)26(24-11)18-22-23-19(25(18)20)29-10-17(27)21-13(3)16-9-14-6-4-5-7-15(14)28-16/h4-9,13H,10,20H2,1-3H3,(H,21,27)/t13-/m0/s1. The molecular formula is C19H21N7O2S. The van der Waals surface area contributed by atoms with Crippen molar-refractivity contribution in [2.45, 2.75) is 32.0 Å². The van der Waals surface area contributed by atoms with Gasteiger partial charge in [0, 0.05) is 11.1 Å². The minimum absolute atomic E-state index is 0.150. The van der Waals surface area contributed by atoms with E-state index in [1.54, 1.807) is 4.68 Å². The molecule has 4 aromatic rings. The number of hydrogen-bond acceptors (Lipinski definition) is 7. The molecule has 3 aromatic heterocycles. The highest BCUT2D eigenvalue weighted by molar-refractivity contribution is 7.99. The number of thioether (sulfide) groups is 1. The number of carbonyl (C=O) groups is 1. The lowest BCUT2D eigenvalue weighted by Crippen LogP contribution is -2.28. The van der Waals surface area contributed by atoms with E-state index in [1.165, 1.54) is 16.4 Å². The number of nitrogens with two attached hydrogens (primary N) is 1. The Morgan fingerprint density at radius 3 is 2.79 bits per heavy atom. The van der Waals surface area contributed by atoms with Crippen LogP contribution in [-0.2, 0) is 4.79 Å². The average Bonchev–Trinajstić information content (AvgIpc) is 3.36. The summed E-state index contributed by atoms with van der Waals surface area (Å²) >= 11 is 1.21. The normalized spacial score (nSPS) is 12.4. The van der Waals surface area contributed by atoms with E-state index in [1.807, 2.05) is 57.2 Å². The zero-order chi connectivity index (χ0) is 20.5. The van der Waals surface area contributed by atoms with E-state index in [9.17, 15) is 4.79 Å². The van der Waals surface area contributed by atoms with Crippen LogP contribution in [0.1, 0.15) is 30.1 Å². The Hall–Kier alpha value is -3.27. The maximum absolute atomic E-state index is 12.4. The lowest BCUT2D eigenvalue weighted by Gasteiger charge is -2.11. The van der Waals surface area contributed by atoms with Crippen molar-refractivity contribution >= 4 is 28.6 Å². The van der Waals surface area contributed by atoms with Gasteiger partial charge in [-0.05, 0) is 39.0 Å². The smallest absolute Gasteiger partial charge is 0.271 e. The Morgan fingerprint density at radius 2 is 2.07 bits per heavy atom. The van der Waals surface area contributed by atoms with Gasteiger partial charge in [0.1, 0.15) is 11.3 Å². The average molecular weight is 411 g/mol. The molecule has 0 spiro atoms. The summed E-state index contributed by atoms with van der Waals surface area (Å²) in [6.45, 7) is 5.69. The van der Waals surface area contributed by atoms with Crippen LogP contribution >= 0.6 is 11.8 Å². The summed E-state index contributed by atoms with van der Waals surface area (Å²) in [7, 11) is 0. The van der Waals surface area contributed by atoms with Crippen LogP contribution in [0.15, 0.2) is 46.0 Å². The molecule has 9 nitrogen and oxygen atoms in total. The molecule has 0 radical (unpaired) electrons. The summed E-state index contributed by atoms with van der Waals surface area (Å²) in [5, 5.41) is 16.9. The van der Waals surface area contributed by atoms with Crippen molar-refractivity contribution in [3.63, 3.8) is 0 Å². The Kier molecular flexibility index (Phi) is 5.01. The predicted molar refractivity (Wildman–Crippen MR) is 110 cm³/mol. The summed E-state index contributed by atoms with van der Waals surface area (Å²) in [5.41, 5.74) is 2.56. The number of nitrogen functional groups attached to an aromatic ring is 1. The van der Waals surface area contributed by atoms with E-state index in [0.29, 0.717) is 16.9 Å². The number of aromatic nitrogens is 5. The van der Waals surface area contributed by atoms with Crippen molar-refractivity contribution in [2.24, 2.45) is 0 Å². The molecule has 1 amide bonds. The van der Waals surface area contributed by atoms with Crippen molar-refractivity contribution < 1.29 is 9.21 Å². The largest absolute Gasteiger partial charge is 0.459 e. The van der Waals surface area contributed by atoms with Crippen LogP contribution in [0.4, 0.5) is 0 Å². The number of aryl methyl sites for hydroxylation is 2. The first-order valence-electron chi connectivity index (χ1n) is 9.07. The molecule has 0 aliphatic heterocycles. The lowest BCUT2D eigenvalue weighted by atomic mass is 10.2. The maximum Gasteiger partial charge on any atom is 0.271 e. The molecule has 0 bridgehead atoms. The molecule has 0 aliphatic rings. The van der Waals surface area contributed by atoms with E-state index >= 15 is 0 Å². The zero-order valence-electron chi connectivity index (χ0n) is 16.3. The van der Waals surface area contributed by atoms with E-state index in [4.69, 9.17) is 10.3 Å². The molecule has 0 unspecified atom stereocenters. The zero-order valence-corrected chi connectivity index (χ0v) is 17.1. The Balaban J connectivity index is 1.39. The second kappa shape index (κ2) is 7.63. The molecule has 0 fully saturated rings. The first kappa shape index (κ1) is 19.1. The van der Waals surface area contributed by atoms with Gasteiger partial charge in [-0.15, -0.1) is 10.2 Å². The fourth-order valence-corrected chi connectivity index (χ4v) is 3.71. The second-order valence-corrected chi connectivity index (χ2v) is 7.70. The van der Waals surface area contributed by atoms with E-state index in [-0.39, 0.29) is 17.7 Å². The molecule has 0 aliphatic carbocycles. The third kappa shape index (κ3) is 3.83. The first-order valence-corrected chi connectivity index (χ1v) is 10.1. The molecule has 3 N–H and O–H groups in total. The molecule has 29 heavy (non-hydrogen) atoms. The minimum Gasteiger partial charge on any atom is -0.459 e. The van der Waals surface area contributed by atoms with Gasteiger partial charge in [-0.1, -0.05) is 30.0 Å². The molecular weight excluding hydrogens is 390 g/mol. The van der Waals surface area contributed by atoms with Crippen LogP contribution in [0.5, 0.6) is 0 Å². The van der Waals surface area contributed by atoms with Gasteiger partial charge in [-0.3, -0.25) is 4.79 Å². The van der Waals surface area contributed by atoms with Crippen molar-refractivity contribution in [3.05, 3.63) is 53.5 Å². The van der Waals surface area contributed by atoms with E-state index in [0.717, 1.165) is 22.4 Å². The highest BCUT2D eigenvalue weighted by atomic mass is 32.2. The number of rotatable bonds is 6. The fourth-order valence-electron chi connectivity index (χ4n) is 3.04. The minimum atomic E-state index is -0.253. The fraction of sp³-hybridized carbons (Fsp3) is 0.263. The molecule has 3 heterocycles. The topological polar surface area (TPSA) is 117 Å². The van der Waals surface area contributed by atoms with Gasteiger partial charge < -0.3 is 15.6 Å².